The molecule has 6 heteroatoms. The smallest absolute Gasteiger partial charge is 0.227 e. The second-order valence-corrected chi connectivity index (χ2v) is 13.1. The maximum absolute atomic E-state index is 6.05. The summed E-state index contributed by atoms with van der Waals surface area (Å²) in [5.74, 6) is 1.81. The van der Waals surface area contributed by atoms with Crippen LogP contribution in [0.15, 0.2) is 168 Å². The van der Waals surface area contributed by atoms with Crippen LogP contribution in [0.3, 0.4) is 0 Å². The lowest BCUT2D eigenvalue weighted by Crippen LogP contribution is -2.01. The molecule has 11 aromatic rings. The molecule has 7 aromatic carbocycles. The van der Waals surface area contributed by atoms with Gasteiger partial charge in [0.15, 0.2) is 17.5 Å². The molecule has 0 unspecified atom stereocenters. The highest BCUT2D eigenvalue weighted by atomic mass is 16.3. The zero-order valence-electron chi connectivity index (χ0n) is 27.7. The first-order valence-electron chi connectivity index (χ1n) is 17.3. The number of para-hydroxylation sites is 2. The summed E-state index contributed by atoms with van der Waals surface area (Å²) >= 11 is 0. The molecule has 0 bridgehead atoms. The highest BCUT2D eigenvalue weighted by Gasteiger charge is 2.18. The summed E-state index contributed by atoms with van der Waals surface area (Å²) in [5, 5.41) is 8.97. The van der Waals surface area contributed by atoms with Crippen LogP contribution in [0.4, 0.5) is 0 Å². The van der Waals surface area contributed by atoms with Gasteiger partial charge in [-0.25, -0.2) is 19.9 Å². The molecule has 0 atom stereocenters. The molecule has 4 heterocycles. The average molecular weight is 666 g/mol. The predicted molar refractivity (Wildman–Crippen MR) is 211 cm³/mol. The molecule has 52 heavy (non-hydrogen) atoms. The maximum Gasteiger partial charge on any atom is 0.227 e. The molecule has 6 nitrogen and oxygen atoms in total. The summed E-state index contributed by atoms with van der Waals surface area (Å²) in [6.45, 7) is 0. The van der Waals surface area contributed by atoms with Crippen molar-refractivity contribution in [2.45, 2.75) is 0 Å². The first kappa shape index (κ1) is 28.6. The summed E-state index contributed by atoms with van der Waals surface area (Å²) in [7, 11) is 0. The third-order valence-corrected chi connectivity index (χ3v) is 10.1. The van der Waals surface area contributed by atoms with Gasteiger partial charge in [0.05, 0.1) is 11.0 Å². The highest BCUT2D eigenvalue weighted by Crippen LogP contribution is 2.37. The first-order valence-corrected chi connectivity index (χ1v) is 17.3. The van der Waals surface area contributed by atoms with Crippen LogP contribution in [0.1, 0.15) is 0 Å². The molecule has 0 N–H and O–H groups in total. The molecule has 11 rings (SSSR count). The third-order valence-electron chi connectivity index (χ3n) is 10.1. The zero-order valence-corrected chi connectivity index (χ0v) is 27.7. The van der Waals surface area contributed by atoms with Gasteiger partial charge < -0.3 is 8.98 Å². The Hall–Kier alpha value is -7.18. The van der Waals surface area contributed by atoms with Gasteiger partial charge in [-0.2, -0.15) is 0 Å². The number of hydrogen-bond donors (Lipinski definition) is 0. The number of nitrogens with zero attached hydrogens (tertiary/aromatic N) is 5. The molecule has 0 aliphatic heterocycles. The van der Waals surface area contributed by atoms with E-state index in [2.05, 4.69) is 143 Å². The highest BCUT2D eigenvalue weighted by molar-refractivity contribution is 6.14. The van der Waals surface area contributed by atoms with E-state index in [1.807, 2.05) is 24.3 Å². The van der Waals surface area contributed by atoms with Gasteiger partial charge in [0.2, 0.25) is 5.71 Å². The number of benzene rings is 7. The second-order valence-electron chi connectivity index (χ2n) is 13.1. The molecule has 0 fully saturated rings. The molecule has 0 aliphatic rings. The Labute approximate surface area is 297 Å². The Morgan fingerprint density at radius 3 is 1.88 bits per heavy atom. The van der Waals surface area contributed by atoms with Gasteiger partial charge in [-0.15, -0.1) is 0 Å². The van der Waals surface area contributed by atoms with Crippen molar-refractivity contribution in [3.05, 3.63) is 164 Å². The number of pyridine rings is 1. The minimum Gasteiger partial charge on any atom is -0.438 e. The molecule has 0 saturated heterocycles. The lowest BCUT2D eigenvalue weighted by molar-refractivity contribution is 0.654. The van der Waals surface area contributed by atoms with E-state index in [1.54, 1.807) is 6.20 Å². The van der Waals surface area contributed by atoms with E-state index in [9.17, 15) is 0 Å². The van der Waals surface area contributed by atoms with E-state index < -0.39 is 0 Å². The monoisotopic (exact) mass is 665 g/mol. The first-order chi connectivity index (χ1) is 25.8. The summed E-state index contributed by atoms with van der Waals surface area (Å²) < 4.78 is 8.37. The van der Waals surface area contributed by atoms with E-state index in [0.29, 0.717) is 23.2 Å². The van der Waals surface area contributed by atoms with Crippen molar-refractivity contribution in [3.8, 4) is 39.9 Å². The molecular formula is C46H27N5O. The lowest BCUT2D eigenvalue weighted by atomic mass is 9.97. The van der Waals surface area contributed by atoms with Crippen molar-refractivity contribution >= 4 is 65.4 Å². The fourth-order valence-electron chi connectivity index (χ4n) is 7.71. The van der Waals surface area contributed by atoms with Crippen molar-refractivity contribution in [1.82, 2.24) is 24.5 Å². The number of fused-ring (bicyclic) bond motifs is 9. The largest absolute Gasteiger partial charge is 0.438 e. The number of furan rings is 1. The predicted octanol–water partition coefficient (Wildman–Crippen LogP) is 11.6. The van der Waals surface area contributed by atoms with Crippen LogP contribution in [0.25, 0.3) is 105 Å². The molecule has 0 amide bonds. The van der Waals surface area contributed by atoms with Gasteiger partial charge in [0.25, 0.3) is 0 Å². The SMILES string of the molecule is c1ccc2c(c1)ccc1cccc(-c3nc(-c4ccc(-n5c6ccccc6c6ccccc65)cc4)nc(-c4ccc5oc6ncccc6c5c4)n3)c12. The van der Waals surface area contributed by atoms with E-state index in [4.69, 9.17) is 19.4 Å². The lowest BCUT2D eigenvalue weighted by Gasteiger charge is -2.13. The van der Waals surface area contributed by atoms with Crippen molar-refractivity contribution in [3.63, 3.8) is 0 Å². The molecule has 0 aliphatic carbocycles. The van der Waals surface area contributed by atoms with E-state index in [1.165, 1.54) is 27.2 Å². The van der Waals surface area contributed by atoms with Gasteiger partial charge in [-0.1, -0.05) is 91.0 Å². The maximum atomic E-state index is 6.05. The van der Waals surface area contributed by atoms with Crippen molar-refractivity contribution < 1.29 is 4.42 Å². The summed E-state index contributed by atoms with van der Waals surface area (Å²) in [6, 6.07) is 54.8. The van der Waals surface area contributed by atoms with E-state index in [-0.39, 0.29) is 0 Å². The van der Waals surface area contributed by atoms with Gasteiger partial charge in [-0.3, -0.25) is 0 Å². The minimum atomic E-state index is 0.587. The second kappa shape index (κ2) is 11.2. The van der Waals surface area contributed by atoms with Gasteiger partial charge in [-0.05, 0) is 82.9 Å². The molecule has 4 aromatic heterocycles. The Bertz CT molecular complexity index is 3140. The minimum absolute atomic E-state index is 0.587. The van der Waals surface area contributed by atoms with Crippen LogP contribution in [-0.4, -0.2) is 24.5 Å². The fourth-order valence-corrected chi connectivity index (χ4v) is 7.71. The Morgan fingerprint density at radius 2 is 1.08 bits per heavy atom. The summed E-state index contributed by atoms with van der Waals surface area (Å²) in [6.07, 6.45) is 1.75. The Kier molecular flexibility index (Phi) is 6.15. The molecule has 0 radical (unpaired) electrons. The van der Waals surface area contributed by atoms with Crippen LogP contribution < -0.4 is 0 Å². The fraction of sp³-hybridized carbons (Fsp3) is 0. The number of hydrogen-bond acceptors (Lipinski definition) is 5. The van der Waals surface area contributed by atoms with Crippen molar-refractivity contribution in [2.75, 3.05) is 0 Å². The van der Waals surface area contributed by atoms with E-state index >= 15 is 0 Å². The van der Waals surface area contributed by atoms with E-state index in [0.717, 1.165) is 54.9 Å². The Balaban J connectivity index is 1.12. The standard InChI is InChI=1S/C46H27N5O/c1-2-11-33-28(9-1)18-19-29-10-7-14-37(42(29)33)45-49-43(48-44(50-45)31-22-25-41-38(27-31)36-15-8-26-47-46(36)52-41)30-20-23-32(24-21-30)51-39-16-5-3-12-34(39)35-13-4-6-17-40(35)51/h1-27H. The van der Waals surface area contributed by atoms with Crippen LogP contribution >= 0.6 is 0 Å². The van der Waals surface area contributed by atoms with Crippen molar-refractivity contribution in [2.24, 2.45) is 0 Å². The van der Waals surface area contributed by atoms with Gasteiger partial charge >= 0.3 is 0 Å². The topological polar surface area (TPSA) is 69.6 Å². The quantitative estimate of drug-likeness (QED) is 0.175. The van der Waals surface area contributed by atoms with Gasteiger partial charge in [0, 0.05) is 55.5 Å². The van der Waals surface area contributed by atoms with Gasteiger partial charge in [0.1, 0.15) is 5.58 Å². The number of aromatic nitrogens is 5. The van der Waals surface area contributed by atoms with Crippen LogP contribution in [-0.2, 0) is 0 Å². The van der Waals surface area contributed by atoms with Crippen LogP contribution in [0, 0.1) is 0 Å². The Morgan fingerprint density at radius 1 is 0.442 bits per heavy atom. The average Bonchev–Trinajstić information content (AvgIpc) is 3.76. The zero-order chi connectivity index (χ0) is 34.2. The van der Waals surface area contributed by atoms with Crippen LogP contribution in [0.2, 0.25) is 0 Å². The summed E-state index contributed by atoms with van der Waals surface area (Å²) in [4.78, 5) is 19.9. The number of rotatable bonds is 4. The molecular weight excluding hydrogens is 639 g/mol. The third kappa shape index (κ3) is 4.38. The van der Waals surface area contributed by atoms with Crippen LogP contribution in [0.5, 0.6) is 0 Å². The molecule has 242 valence electrons. The van der Waals surface area contributed by atoms with Crippen molar-refractivity contribution in [1.29, 1.82) is 0 Å². The normalized spacial score (nSPS) is 11.8. The molecule has 0 spiro atoms. The summed E-state index contributed by atoms with van der Waals surface area (Å²) in [5.41, 5.74) is 7.52. The molecule has 0 saturated carbocycles.